The summed E-state index contributed by atoms with van der Waals surface area (Å²) in [7, 11) is 3.59. The van der Waals surface area contributed by atoms with Crippen molar-refractivity contribution in [3.63, 3.8) is 0 Å². The van der Waals surface area contributed by atoms with E-state index in [1.165, 1.54) is 12.1 Å². The number of aryl methyl sites for hydroxylation is 2. The zero-order chi connectivity index (χ0) is 18.1. The summed E-state index contributed by atoms with van der Waals surface area (Å²) < 4.78 is 16.5. The number of nitrogens with zero attached hydrogens (tertiary/aromatic N) is 5. The molecule has 3 rings (SSSR count). The average molecular weight is 341 g/mol. The highest BCUT2D eigenvalue weighted by atomic mass is 19.1. The van der Waals surface area contributed by atoms with Crippen LogP contribution in [-0.2, 0) is 13.6 Å². The summed E-state index contributed by atoms with van der Waals surface area (Å²) in [6.07, 6.45) is 3.62. The van der Waals surface area contributed by atoms with Crippen LogP contribution >= 0.6 is 0 Å². The first-order valence-corrected chi connectivity index (χ1v) is 7.92. The zero-order valence-corrected chi connectivity index (χ0v) is 14.7. The minimum Gasteiger partial charge on any atom is -0.337 e. The Morgan fingerprint density at radius 2 is 1.92 bits per heavy atom. The second kappa shape index (κ2) is 6.51. The quantitative estimate of drug-likeness (QED) is 0.733. The van der Waals surface area contributed by atoms with E-state index in [0.717, 1.165) is 16.9 Å². The van der Waals surface area contributed by atoms with E-state index in [9.17, 15) is 9.18 Å². The maximum atomic E-state index is 13.1. The topological polar surface area (TPSA) is 56.0 Å². The summed E-state index contributed by atoms with van der Waals surface area (Å²) in [6.45, 7) is 4.11. The van der Waals surface area contributed by atoms with Crippen LogP contribution in [0.25, 0.3) is 5.69 Å². The van der Waals surface area contributed by atoms with Gasteiger partial charge >= 0.3 is 0 Å². The van der Waals surface area contributed by atoms with Crippen LogP contribution in [0.2, 0.25) is 0 Å². The van der Waals surface area contributed by atoms with E-state index >= 15 is 0 Å². The number of carbonyl (C=O) groups excluding carboxylic acids is 1. The molecule has 0 atom stereocenters. The van der Waals surface area contributed by atoms with Crippen LogP contribution in [0.4, 0.5) is 4.39 Å². The van der Waals surface area contributed by atoms with Gasteiger partial charge in [0.1, 0.15) is 5.82 Å². The molecule has 0 spiro atoms. The monoisotopic (exact) mass is 341 g/mol. The summed E-state index contributed by atoms with van der Waals surface area (Å²) in [5.74, 6) is -0.412. The van der Waals surface area contributed by atoms with Crippen molar-refractivity contribution in [2.45, 2.75) is 20.4 Å². The lowest BCUT2D eigenvalue weighted by Crippen LogP contribution is -2.27. The third-order valence-corrected chi connectivity index (χ3v) is 4.10. The molecular weight excluding hydrogens is 321 g/mol. The molecule has 3 aromatic rings. The molecule has 2 aromatic heterocycles. The van der Waals surface area contributed by atoms with Crippen molar-refractivity contribution in [1.29, 1.82) is 0 Å². The lowest BCUT2D eigenvalue weighted by Gasteiger charge is -2.16. The van der Waals surface area contributed by atoms with Gasteiger partial charge in [0.25, 0.3) is 5.91 Å². The normalized spacial score (nSPS) is 10.9. The predicted molar refractivity (Wildman–Crippen MR) is 92.0 cm³/mol. The molecule has 0 bridgehead atoms. The Kier molecular flexibility index (Phi) is 4.39. The summed E-state index contributed by atoms with van der Waals surface area (Å²) in [5, 5.41) is 8.57. The van der Waals surface area contributed by atoms with E-state index in [1.807, 2.05) is 20.2 Å². The maximum absolute atomic E-state index is 13.1. The van der Waals surface area contributed by atoms with Gasteiger partial charge in [-0.3, -0.25) is 9.48 Å². The van der Waals surface area contributed by atoms with Gasteiger partial charge in [-0.1, -0.05) is 0 Å². The molecule has 0 radical (unpaired) electrons. The van der Waals surface area contributed by atoms with Gasteiger partial charge in [0.2, 0.25) is 0 Å². The summed E-state index contributed by atoms with van der Waals surface area (Å²) in [4.78, 5) is 14.5. The van der Waals surface area contributed by atoms with E-state index in [2.05, 4.69) is 10.2 Å². The predicted octanol–water partition coefficient (Wildman–Crippen LogP) is 2.63. The lowest BCUT2D eigenvalue weighted by atomic mass is 10.1. The number of aromatic nitrogens is 4. The van der Waals surface area contributed by atoms with Crippen LogP contribution in [0.5, 0.6) is 0 Å². The number of hydrogen-bond acceptors (Lipinski definition) is 3. The van der Waals surface area contributed by atoms with Crippen LogP contribution in [0.15, 0.2) is 36.7 Å². The fraction of sp³-hybridized carbons (Fsp3) is 0.278. The van der Waals surface area contributed by atoms with Gasteiger partial charge in [0.05, 0.1) is 28.8 Å². The molecule has 0 unspecified atom stereocenters. The van der Waals surface area contributed by atoms with Crippen LogP contribution in [0, 0.1) is 19.7 Å². The average Bonchev–Trinajstić information content (AvgIpc) is 3.10. The van der Waals surface area contributed by atoms with Gasteiger partial charge in [-0.25, -0.2) is 9.07 Å². The van der Waals surface area contributed by atoms with Crippen molar-refractivity contribution in [2.75, 3.05) is 7.05 Å². The van der Waals surface area contributed by atoms with E-state index < -0.39 is 0 Å². The minimum atomic E-state index is -0.308. The number of carbonyl (C=O) groups is 1. The van der Waals surface area contributed by atoms with Gasteiger partial charge in [0, 0.05) is 32.4 Å². The molecule has 25 heavy (non-hydrogen) atoms. The van der Waals surface area contributed by atoms with Crippen molar-refractivity contribution in [2.24, 2.45) is 7.05 Å². The van der Waals surface area contributed by atoms with Crippen LogP contribution in [0.1, 0.15) is 27.3 Å². The van der Waals surface area contributed by atoms with Gasteiger partial charge in [-0.15, -0.1) is 0 Å². The van der Waals surface area contributed by atoms with Crippen molar-refractivity contribution in [3.8, 4) is 5.69 Å². The van der Waals surface area contributed by atoms with Gasteiger partial charge < -0.3 is 4.90 Å². The number of amides is 1. The second-order valence-corrected chi connectivity index (χ2v) is 6.12. The number of halogens is 1. The molecule has 0 fully saturated rings. The molecule has 0 aliphatic carbocycles. The molecule has 130 valence electrons. The Morgan fingerprint density at radius 1 is 1.24 bits per heavy atom. The molecule has 0 aliphatic heterocycles. The van der Waals surface area contributed by atoms with Crippen molar-refractivity contribution >= 4 is 5.91 Å². The molecule has 0 saturated carbocycles. The first-order valence-electron chi connectivity index (χ1n) is 7.92. The molecule has 1 aromatic carbocycles. The summed E-state index contributed by atoms with van der Waals surface area (Å²) in [5.41, 5.74) is 3.61. The molecule has 1 amide bonds. The van der Waals surface area contributed by atoms with E-state index in [1.54, 1.807) is 46.6 Å². The first kappa shape index (κ1) is 16.9. The molecule has 0 aliphatic rings. The highest BCUT2D eigenvalue weighted by molar-refractivity contribution is 5.96. The Bertz CT molecular complexity index is 910. The van der Waals surface area contributed by atoms with E-state index in [-0.39, 0.29) is 11.7 Å². The number of hydrogen-bond donors (Lipinski definition) is 0. The highest BCUT2D eigenvalue weighted by Crippen LogP contribution is 2.20. The minimum absolute atomic E-state index is 0.104. The van der Waals surface area contributed by atoms with Crippen LogP contribution in [0.3, 0.4) is 0 Å². The third kappa shape index (κ3) is 3.31. The Labute approximate surface area is 145 Å². The van der Waals surface area contributed by atoms with Crippen LogP contribution in [-0.4, -0.2) is 37.4 Å². The largest absolute Gasteiger partial charge is 0.337 e. The van der Waals surface area contributed by atoms with Crippen molar-refractivity contribution in [3.05, 3.63) is 65.0 Å². The second-order valence-electron chi connectivity index (χ2n) is 6.12. The number of rotatable bonds is 4. The fourth-order valence-corrected chi connectivity index (χ4v) is 2.88. The molecule has 0 saturated heterocycles. The summed E-state index contributed by atoms with van der Waals surface area (Å²) >= 11 is 0. The molecule has 7 heteroatoms. The molecule has 6 nitrogen and oxygen atoms in total. The SMILES string of the molecule is Cc1nn(-c2ccc(F)cc2)c(C)c1C(=O)N(C)Cc1cnn(C)c1. The van der Waals surface area contributed by atoms with Crippen molar-refractivity contribution in [1.82, 2.24) is 24.5 Å². The van der Waals surface area contributed by atoms with E-state index in [0.29, 0.717) is 17.8 Å². The van der Waals surface area contributed by atoms with Crippen LogP contribution < -0.4 is 0 Å². The first-order chi connectivity index (χ1) is 11.9. The van der Waals surface area contributed by atoms with E-state index in [4.69, 9.17) is 0 Å². The molecule has 0 N–H and O–H groups in total. The van der Waals surface area contributed by atoms with Gasteiger partial charge in [-0.05, 0) is 38.1 Å². The Balaban J connectivity index is 1.89. The van der Waals surface area contributed by atoms with Crippen molar-refractivity contribution < 1.29 is 9.18 Å². The third-order valence-electron chi connectivity index (χ3n) is 4.10. The standard InChI is InChI=1S/C18H20FN5O/c1-12-17(18(25)22(3)10-14-9-20-23(4)11-14)13(2)24(21-12)16-7-5-15(19)6-8-16/h5-9,11H,10H2,1-4H3. The fourth-order valence-electron chi connectivity index (χ4n) is 2.88. The Morgan fingerprint density at radius 3 is 2.52 bits per heavy atom. The highest BCUT2D eigenvalue weighted by Gasteiger charge is 2.22. The summed E-state index contributed by atoms with van der Waals surface area (Å²) in [6, 6.07) is 6.04. The Hall–Kier alpha value is -2.96. The lowest BCUT2D eigenvalue weighted by molar-refractivity contribution is 0.0783. The molecule has 2 heterocycles. The van der Waals surface area contributed by atoms with Gasteiger partial charge in [0.15, 0.2) is 0 Å². The smallest absolute Gasteiger partial charge is 0.257 e. The van der Waals surface area contributed by atoms with Gasteiger partial charge in [-0.2, -0.15) is 10.2 Å². The zero-order valence-electron chi connectivity index (χ0n) is 14.7. The number of benzene rings is 1. The maximum Gasteiger partial charge on any atom is 0.257 e. The molecular formula is C18H20FN5O.